The van der Waals surface area contributed by atoms with Crippen molar-refractivity contribution in [1.82, 2.24) is 14.8 Å². The van der Waals surface area contributed by atoms with Gasteiger partial charge < -0.3 is 5.11 Å². The Morgan fingerprint density at radius 2 is 1.90 bits per heavy atom. The third kappa shape index (κ3) is 2.07. The number of aromatic nitrogens is 3. The maximum absolute atomic E-state index is 13.2. The second-order valence-electron chi connectivity index (χ2n) is 6.40. The van der Waals surface area contributed by atoms with Crippen molar-refractivity contribution < 1.29 is 9.50 Å². The summed E-state index contributed by atoms with van der Waals surface area (Å²) in [5, 5.41) is 13.6. The van der Waals surface area contributed by atoms with Gasteiger partial charge >= 0.3 is 0 Å². The second-order valence-corrected chi connectivity index (χ2v) is 6.40. The standard InChI is InChI=1S/C16H20FN3O/c1-11-18-14(20(19-11)8-9-21)16(10-15(16,2)3)12-4-6-13(17)7-5-12/h4-7,21H,8-10H2,1-3H3. The summed E-state index contributed by atoms with van der Waals surface area (Å²) in [6.07, 6.45) is 0.940. The predicted molar refractivity (Wildman–Crippen MR) is 77.4 cm³/mol. The van der Waals surface area contributed by atoms with Crippen LogP contribution in [0.2, 0.25) is 0 Å². The Morgan fingerprint density at radius 1 is 1.29 bits per heavy atom. The van der Waals surface area contributed by atoms with Crippen LogP contribution in [0.25, 0.3) is 0 Å². The van der Waals surface area contributed by atoms with Gasteiger partial charge in [-0.3, -0.25) is 0 Å². The molecule has 0 radical (unpaired) electrons. The van der Waals surface area contributed by atoms with E-state index in [1.54, 1.807) is 4.68 Å². The number of hydrogen-bond donors (Lipinski definition) is 1. The minimum absolute atomic E-state index is 0.0235. The van der Waals surface area contributed by atoms with Crippen molar-refractivity contribution in [3.63, 3.8) is 0 Å². The van der Waals surface area contributed by atoms with E-state index in [4.69, 9.17) is 0 Å². The molecule has 0 bridgehead atoms. The van der Waals surface area contributed by atoms with Gasteiger partial charge in [0, 0.05) is 0 Å². The van der Waals surface area contributed by atoms with E-state index in [1.165, 1.54) is 12.1 Å². The van der Waals surface area contributed by atoms with Crippen molar-refractivity contribution in [3.05, 3.63) is 47.3 Å². The molecule has 0 amide bonds. The molecule has 1 atom stereocenters. The van der Waals surface area contributed by atoms with Gasteiger partial charge in [0.25, 0.3) is 0 Å². The first-order valence-corrected chi connectivity index (χ1v) is 7.19. The Morgan fingerprint density at radius 3 is 2.43 bits per heavy atom. The first-order valence-electron chi connectivity index (χ1n) is 7.19. The first-order chi connectivity index (χ1) is 9.90. The van der Waals surface area contributed by atoms with Crippen LogP contribution in [0, 0.1) is 18.2 Å². The highest BCUT2D eigenvalue weighted by Crippen LogP contribution is 2.67. The van der Waals surface area contributed by atoms with Gasteiger partial charge in [-0.25, -0.2) is 14.1 Å². The Bertz CT molecular complexity index is 663. The Kier molecular flexibility index (Phi) is 3.13. The topological polar surface area (TPSA) is 50.9 Å². The van der Waals surface area contributed by atoms with Crippen molar-refractivity contribution in [2.75, 3.05) is 6.61 Å². The van der Waals surface area contributed by atoms with Crippen LogP contribution >= 0.6 is 0 Å². The summed E-state index contributed by atoms with van der Waals surface area (Å²) in [5.41, 5.74) is 0.842. The molecule has 3 rings (SSSR count). The fourth-order valence-electron chi connectivity index (χ4n) is 3.38. The minimum Gasteiger partial charge on any atom is -0.394 e. The molecule has 0 spiro atoms. The average molecular weight is 289 g/mol. The normalized spacial score (nSPS) is 23.3. The smallest absolute Gasteiger partial charge is 0.147 e. The zero-order valence-corrected chi connectivity index (χ0v) is 12.6. The molecule has 1 aliphatic carbocycles. The maximum atomic E-state index is 13.2. The lowest BCUT2D eigenvalue weighted by atomic mass is 9.87. The van der Waals surface area contributed by atoms with E-state index in [1.807, 2.05) is 19.1 Å². The molecule has 112 valence electrons. The third-order valence-electron chi connectivity index (χ3n) is 4.55. The molecular formula is C16H20FN3O. The zero-order chi connectivity index (χ0) is 15.3. The zero-order valence-electron chi connectivity index (χ0n) is 12.6. The van der Waals surface area contributed by atoms with Gasteiger partial charge in [0.2, 0.25) is 0 Å². The van der Waals surface area contributed by atoms with Crippen molar-refractivity contribution in [3.8, 4) is 0 Å². The monoisotopic (exact) mass is 289 g/mol. The lowest BCUT2D eigenvalue weighted by molar-refractivity contribution is 0.264. The lowest BCUT2D eigenvalue weighted by Gasteiger charge is -2.21. The van der Waals surface area contributed by atoms with Crippen molar-refractivity contribution in [1.29, 1.82) is 0 Å². The summed E-state index contributed by atoms with van der Waals surface area (Å²) in [5.74, 6) is 1.33. The summed E-state index contributed by atoms with van der Waals surface area (Å²) in [7, 11) is 0. The van der Waals surface area contributed by atoms with Gasteiger partial charge in [0.05, 0.1) is 18.6 Å². The second kappa shape index (κ2) is 4.63. The van der Waals surface area contributed by atoms with Gasteiger partial charge in [0.1, 0.15) is 17.5 Å². The molecule has 1 aromatic heterocycles. The Balaban J connectivity index is 2.13. The fourth-order valence-corrected chi connectivity index (χ4v) is 3.38. The van der Waals surface area contributed by atoms with E-state index in [9.17, 15) is 9.50 Å². The number of hydrogen-bond acceptors (Lipinski definition) is 3. The van der Waals surface area contributed by atoms with Crippen molar-refractivity contribution in [2.24, 2.45) is 5.41 Å². The lowest BCUT2D eigenvalue weighted by Crippen LogP contribution is -2.23. The van der Waals surface area contributed by atoms with Crippen LogP contribution in [-0.2, 0) is 12.0 Å². The number of halogens is 1. The highest BCUT2D eigenvalue weighted by atomic mass is 19.1. The van der Waals surface area contributed by atoms with Crippen LogP contribution in [-0.4, -0.2) is 26.5 Å². The fraction of sp³-hybridized carbons (Fsp3) is 0.500. The number of aliphatic hydroxyl groups excluding tert-OH is 1. The molecule has 21 heavy (non-hydrogen) atoms. The van der Waals surface area contributed by atoms with Crippen LogP contribution in [0.1, 0.15) is 37.5 Å². The molecule has 1 fully saturated rings. The SMILES string of the molecule is Cc1nc(C2(c3ccc(F)cc3)CC2(C)C)n(CCO)n1. The molecule has 1 aromatic carbocycles. The summed E-state index contributed by atoms with van der Waals surface area (Å²) in [6.45, 7) is 6.67. The average Bonchev–Trinajstić information content (AvgIpc) is 2.81. The quantitative estimate of drug-likeness (QED) is 0.940. The van der Waals surface area contributed by atoms with Crippen LogP contribution in [0.5, 0.6) is 0 Å². The maximum Gasteiger partial charge on any atom is 0.147 e. The predicted octanol–water partition coefficient (Wildman–Crippen LogP) is 2.43. The number of nitrogens with zero attached hydrogens (tertiary/aromatic N) is 3. The van der Waals surface area contributed by atoms with Gasteiger partial charge in [-0.05, 0) is 36.5 Å². The number of benzene rings is 1. The van der Waals surface area contributed by atoms with E-state index in [0.717, 1.165) is 17.8 Å². The van der Waals surface area contributed by atoms with E-state index in [0.29, 0.717) is 12.4 Å². The van der Waals surface area contributed by atoms with Crippen LogP contribution in [0.4, 0.5) is 4.39 Å². The van der Waals surface area contributed by atoms with Crippen molar-refractivity contribution in [2.45, 2.75) is 39.2 Å². The Hall–Kier alpha value is -1.75. The summed E-state index contributed by atoms with van der Waals surface area (Å²) in [4.78, 5) is 4.60. The minimum atomic E-state index is -0.253. The molecule has 1 N–H and O–H groups in total. The molecule has 4 nitrogen and oxygen atoms in total. The molecule has 1 unspecified atom stereocenters. The summed E-state index contributed by atoms with van der Waals surface area (Å²) in [6, 6.07) is 6.64. The molecule has 5 heteroatoms. The largest absolute Gasteiger partial charge is 0.394 e. The van der Waals surface area contributed by atoms with Gasteiger partial charge in [-0.15, -0.1) is 0 Å². The van der Waals surface area contributed by atoms with Crippen LogP contribution in [0.3, 0.4) is 0 Å². The van der Waals surface area contributed by atoms with Crippen LogP contribution in [0.15, 0.2) is 24.3 Å². The third-order valence-corrected chi connectivity index (χ3v) is 4.55. The number of aliphatic hydroxyl groups is 1. The summed E-state index contributed by atoms with van der Waals surface area (Å²) >= 11 is 0. The van der Waals surface area contributed by atoms with E-state index in [2.05, 4.69) is 23.9 Å². The summed E-state index contributed by atoms with van der Waals surface area (Å²) < 4.78 is 15.0. The van der Waals surface area contributed by atoms with Gasteiger partial charge in [-0.1, -0.05) is 26.0 Å². The molecule has 2 aromatic rings. The van der Waals surface area contributed by atoms with E-state index >= 15 is 0 Å². The van der Waals surface area contributed by atoms with Gasteiger partial charge in [0.15, 0.2) is 0 Å². The first kappa shape index (κ1) is 14.2. The highest BCUT2D eigenvalue weighted by molar-refractivity contribution is 5.45. The molecular weight excluding hydrogens is 269 g/mol. The number of aryl methyl sites for hydroxylation is 1. The molecule has 1 saturated carbocycles. The van der Waals surface area contributed by atoms with Gasteiger partial charge in [-0.2, -0.15) is 5.10 Å². The molecule has 1 aliphatic rings. The molecule has 1 heterocycles. The van der Waals surface area contributed by atoms with E-state index in [-0.39, 0.29) is 23.3 Å². The number of rotatable bonds is 4. The molecule has 0 saturated heterocycles. The Labute approximate surface area is 123 Å². The van der Waals surface area contributed by atoms with Crippen molar-refractivity contribution >= 4 is 0 Å². The van der Waals surface area contributed by atoms with Crippen LogP contribution < -0.4 is 0 Å². The highest BCUT2D eigenvalue weighted by Gasteiger charge is 2.65. The molecule has 0 aliphatic heterocycles. The van der Waals surface area contributed by atoms with E-state index < -0.39 is 0 Å².